The maximum absolute atomic E-state index is 2.59. The van der Waals surface area contributed by atoms with Gasteiger partial charge in [-0.1, -0.05) is 150 Å². The first-order valence-electron chi connectivity index (χ1n) is 23.0. The van der Waals surface area contributed by atoms with E-state index in [0.29, 0.717) is 0 Å². The molecule has 8 aromatic rings. The first-order chi connectivity index (χ1) is 30.0. The first kappa shape index (κ1) is 40.7. The second kappa shape index (κ2) is 17.4. The third-order valence-electron chi connectivity index (χ3n) is 13.2. The smallest absolute Gasteiger partial charge is 0.0760 e. The highest BCUT2D eigenvalue weighted by atomic mass is 32.1. The van der Waals surface area contributed by atoms with Gasteiger partial charge in [0.2, 0.25) is 0 Å². The normalized spacial score (nSPS) is 13.2. The lowest BCUT2D eigenvalue weighted by atomic mass is 9.72. The van der Waals surface area contributed by atoms with E-state index in [1.54, 1.807) is 0 Å². The van der Waals surface area contributed by atoms with Crippen molar-refractivity contribution in [2.24, 2.45) is 0 Å². The fourth-order valence-corrected chi connectivity index (χ4v) is 14.9. The molecule has 308 valence electrons. The molecule has 0 bridgehead atoms. The van der Waals surface area contributed by atoms with Crippen LogP contribution in [-0.4, -0.2) is 0 Å². The van der Waals surface area contributed by atoms with Crippen molar-refractivity contribution in [1.82, 2.24) is 0 Å². The van der Waals surface area contributed by atoms with Crippen molar-refractivity contribution in [3.8, 4) is 61.3 Å². The molecule has 0 fully saturated rings. The summed E-state index contributed by atoms with van der Waals surface area (Å²) >= 11 is 8.05. The van der Waals surface area contributed by atoms with Gasteiger partial charge in [0.1, 0.15) is 0 Å². The third-order valence-corrected chi connectivity index (χ3v) is 18.3. The van der Waals surface area contributed by atoms with Crippen LogP contribution in [-0.2, 0) is 31.1 Å². The number of hydrogen-bond acceptors (Lipinski definition) is 4. The van der Waals surface area contributed by atoms with Gasteiger partial charge in [-0.15, -0.1) is 45.3 Å². The average Bonchev–Trinajstić information content (AvgIpc) is 4.16. The van der Waals surface area contributed by atoms with Crippen LogP contribution >= 0.6 is 45.3 Å². The summed E-state index contributed by atoms with van der Waals surface area (Å²) in [6.07, 6.45) is 14.5. The summed E-state index contributed by atoms with van der Waals surface area (Å²) < 4.78 is 0. The molecule has 4 heterocycles. The number of unbranched alkanes of at least 4 members (excludes halogenated alkanes) is 4. The summed E-state index contributed by atoms with van der Waals surface area (Å²) in [5, 5.41) is 0. The Balaban J connectivity index is 1.16. The molecule has 0 atom stereocenters. The van der Waals surface area contributed by atoms with Gasteiger partial charge in [0.05, 0.1) is 24.9 Å². The molecule has 0 radical (unpaired) electrons. The van der Waals surface area contributed by atoms with E-state index < -0.39 is 0 Å². The standard InChI is InChI=1S/C57H56S4/c1-5-9-13-37-17-25-41(26-18-37)49-33-45-53(58-49)54-46(34-50(59-54)42-27-19-38(20-28-42)14-10-6-2)57(45)47-35-51(43-29-21-39(22-30-43)15-11-7-3)60-55(47)56-48(57)36-52(61-56)44-31-23-40(24-32-44)16-12-8-4/h17-36H,5-16H2,1-4H3. The second-order valence-electron chi connectivity index (χ2n) is 17.4. The second-order valence-corrected chi connectivity index (χ2v) is 21.6. The quantitative estimate of drug-likeness (QED) is 0.0908. The predicted molar refractivity (Wildman–Crippen MR) is 270 cm³/mol. The van der Waals surface area contributed by atoms with Crippen LogP contribution in [0.4, 0.5) is 0 Å². The van der Waals surface area contributed by atoms with Gasteiger partial charge in [0.15, 0.2) is 0 Å². The van der Waals surface area contributed by atoms with Crippen molar-refractivity contribution < 1.29 is 0 Å². The van der Waals surface area contributed by atoms with Gasteiger partial charge >= 0.3 is 0 Å². The molecule has 10 rings (SSSR count). The van der Waals surface area contributed by atoms with Crippen LogP contribution in [0.2, 0.25) is 0 Å². The largest absolute Gasteiger partial charge is 0.134 e. The van der Waals surface area contributed by atoms with Gasteiger partial charge in [-0.05, 0) is 142 Å². The minimum atomic E-state index is -0.368. The summed E-state index contributed by atoms with van der Waals surface area (Å²) in [6, 6.07) is 48.4. The Labute approximate surface area is 380 Å². The SMILES string of the molecule is CCCCc1ccc(-c2cc3c(s2)-c2sc(-c4ccc(CCCC)cc4)cc2C32c3cc(-c4ccc(CCCC)cc4)sc3-c3sc(-c4ccc(CCCC)cc4)cc32)cc1. The molecule has 2 aliphatic rings. The van der Waals surface area contributed by atoms with E-state index in [-0.39, 0.29) is 5.41 Å². The molecule has 4 heteroatoms. The Morgan fingerprint density at radius 3 is 0.721 bits per heavy atom. The van der Waals surface area contributed by atoms with Gasteiger partial charge in [0.25, 0.3) is 0 Å². The van der Waals surface area contributed by atoms with E-state index in [1.165, 1.54) is 157 Å². The van der Waals surface area contributed by atoms with Gasteiger partial charge in [0, 0.05) is 19.5 Å². The molecule has 4 aromatic carbocycles. The summed E-state index contributed by atoms with van der Waals surface area (Å²) in [4.78, 5) is 11.3. The van der Waals surface area contributed by atoms with Crippen molar-refractivity contribution in [2.45, 2.75) is 110 Å². The predicted octanol–water partition coefficient (Wildman–Crippen LogP) is 18.3. The number of thiophene rings is 4. The Morgan fingerprint density at radius 2 is 0.525 bits per heavy atom. The fourth-order valence-electron chi connectivity index (χ4n) is 9.66. The summed E-state index contributed by atoms with van der Waals surface area (Å²) in [7, 11) is 0. The molecule has 2 aliphatic carbocycles. The number of hydrogen-bond donors (Lipinski definition) is 0. The minimum absolute atomic E-state index is 0.368. The Hall–Kier alpha value is -4.32. The van der Waals surface area contributed by atoms with E-state index in [4.69, 9.17) is 0 Å². The number of benzene rings is 4. The summed E-state index contributed by atoms with van der Waals surface area (Å²) in [5.74, 6) is 0. The van der Waals surface area contributed by atoms with Crippen LogP contribution in [0.1, 0.15) is 124 Å². The molecule has 1 spiro atoms. The highest BCUT2D eigenvalue weighted by molar-refractivity contribution is 7.27. The lowest BCUT2D eigenvalue weighted by molar-refractivity contribution is 0.795. The number of fused-ring (bicyclic) bond motifs is 10. The topological polar surface area (TPSA) is 0 Å². The van der Waals surface area contributed by atoms with Gasteiger partial charge in [-0.2, -0.15) is 0 Å². The van der Waals surface area contributed by atoms with E-state index in [1.807, 2.05) is 45.3 Å². The van der Waals surface area contributed by atoms with Gasteiger partial charge in [-0.25, -0.2) is 0 Å². The van der Waals surface area contributed by atoms with Crippen molar-refractivity contribution in [1.29, 1.82) is 0 Å². The van der Waals surface area contributed by atoms with E-state index in [9.17, 15) is 0 Å². The molecule has 0 nitrogen and oxygen atoms in total. The first-order valence-corrected chi connectivity index (χ1v) is 26.2. The lowest BCUT2D eigenvalue weighted by Gasteiger charge is -2.27. The van der Waals surface area contributed by atoms with Crippen LogP contribution in [0.25, 0.3) is 61.3 Å². The van der Waals surface area contributed by atoms with E-state index in [2.05, 4.69) is 149 Å². The molecule has 0 saturated carbocycles. The Kier molecular flexibility index (Phi) is 11.7. The maximum atomic E-state index is 2.59. The van der Waals surface area contributed by atoms with Crippen LogP contribution < -0.4 is 0 Å². The Bertz CT molecular complexity index is 2370. The number of rotatable bonds is 16. The minimum Gasteiger partial charge on any atom is -0.134 e. The zero-order valence-electron chi connectivity index (χ0n) is 36.2. The van der Waals surface area contributed by atoms with Crippen LogP contribution in [0.3, 0.4) is 0 Å². The third kappa shape index (κ3) is 7.36. The van der Waals surface area contributed by atoms with Crippen LogP contribution in [0.5, 0.6) is 0 Å². The lowest BCUT2D eigenvalue weighted by Crippen LogP contribution is -2.24. The van der Waals surface area contributed by atoms with Gasteiger partial charge < -0.3 is 0 Å². The van der Waals surface area contributed by atoms with Crippen molar-refractivity contribution in [2.75, 3.05) is 0 Å². The molecule has 0 amide bonds. The molecular weight excluding hydrogens is 813 g/mol. The molecule has 0 unspecified atom stereocenters. The average molecular weight is 869 g/mol. The Morgan fingerprint density at radius 1 is 0.311 bits per heavy atom. The van der Waals surface area contributed by atoms with Crippen molar-refractivity contribution in [3.63, 3.8) is 0 Å². The molecule has 0 aliphatic heterocycles. The fraction of sp³-hybridized carbons (Fsp3) is 0.298. The molecule has 0 saturated heterocycles. The summed E-state index contributed by atoms with van der Waals surface area (Å²) in [6.45, 7) is 9.13. The maximum Gasteiger partial charge on any atom is 0.0760 e. The highest BCUT2D eigenvalue weighted by Gasteiger charge is 2.55. The van der Waals surface area contributed by atoms with E-state index >= 15 is 0 Å². The molecule has 61 heavy (non-hydrogen) atoms. The zero-order chi connectivity index (χ0) is 41.5. The van der Waals surface area contributed by atoms with Crippen LogP contribution in [0, 0.1) is 0 Å². The van der Waals surface area contributed by atoms with Crippen molar-refractivity contribution in [3.05, 3.63) is 166 Å². The highest BCUT2D eigenvalue weighted by Crippen LogP contribution is 2.70. The number of aryl methyl sites for hydroxylation is 4. The summed E-state index contributed by atoms with van der Waals surface area (Å²) in [5.41, 5.74) is 16.6. The monoisotopic (exact) mass is 868 g/mol. The zero-order valence-corrected chi connectivity index (χ0v) is 39.4. The van der Waals surface area contributed by atoms with E-state index in [0.717, 1.165) is 25.7 Å². The van der Waals surface area contributed by atoms with Crippen LogP contribution in [0.15, 0.2) is 121 Å². The molecular formula is C57H56S4. The molecule has 4 aromatic heterocycles. The van der Waals surface area contributed by atoms with Crippen molar-refractivity contribution >= 4 is 45.3 Å². The molecule has 0 N–H and O–H groups in total. The van der Waals surface area contributed by atoms with Gasteiger partial charge in [-0.3, -0.25) is 0 Å².